The summed E-state index contributed by atoms with van der Waals surface area (Å²) in [6.07, 6.45) is 1.82. The summed E-state index contributed by atoms with van der Waals surface area (Å²) in [6, 6.07) is 8.65. The van der Waals surface area contributed by atoms with Crippen molar-refractivity contribution in [1.82, 2.24) is 9.72 Å². The molecule has 3 aromatic rings. The number of nitro benzene ring substituents is 1. The molecule has 0 unspecified atom stereocenters. The lowest BCUT2D eigenvalue weighted by Gasteiger charge is -2.02. The zero-order valence-corrected chi connectivity index (χ0v) is 10.2. The van der Waals surface area contributed by atoms with E-state index in [-0.39, 0.29) is 10.6 Å². The van der Waals surface area contributed by atoms with Crippen molar-refractivity contribution in [3.63, 3.8) is 0 Å². The normalized spacial score (nSPS) is 11.0. The molecule has 2 heterocycles. The second-order valence-corrected chi connectivity index (χ2v) is 4.34. The van der Waals surface area contributed by atoms with Crippen LogP contribution in [0.15, 0.2) is 41.1 Å². The molecule has 0 aliphatic carbocycles. The maximum Gasteiger partial charge on any atom is 0.278 e. The van der Waals surface area contributed by atoms with E-state index >= 15 is 0 Å². The summed E-state index contributed by atoms with van der Waals surface area (Å²) in [7, 11) is 0. The van der Waals surface area contributed by atoms with Gasteiger partial charge in [0.1, 0.15) is 11.5 Å². The summed E-state index contributed by atoms with van der Waals surface area (Å²) >= 11 is 0. The van der Waals surface area contributed by atoms with Gasteiger partial charge in [-0.3, -0.25) is 10.1 Å². The van der Waals surface area contributed by atoms with Crippen molar-refractivity contribution in [3.8, 4) is 0 Å². The summed E-state index contributed by atoms with van der Waals surface area (Å²) in [5, 5.41) is 15.5. The number of aryl methyl sites for hydroxylation is 1. The molecule has 0 aliphatic rings. The summed E-state index contributed by atoms with van der Waals surface area (Å²) in [4.78, 5) is 10.6. The molecule has 0 amide bonds. The lowest BCUT2D eigenvalue weighted by molar-refractivity contribution is -0.383. The Bertz CT molecular complexity index is 757. The number of rotatable bonds is 3. The third kappa shape index (κ3) is 1.97. The van der Waals surface area contributed by atoms with Crippen molar-refractivity contribution in [3.05, 3.63) is 58.1 Å². The largest absolute Gasteiger partial charge is 0.361 e. The maximum absolute atomic E-state index is 11.0. The van der Waals surface area contributed by atoms with Crippen molar-refractivity contribution < 1.29 is 9.45 Å². The highest BCUT2D eigenvalue weighted by atomic mass is 16.6. The van der Waals surface area contributed by atoms with Crippen LogP contribution in [0.5, 0.6) is 0 Å². The van der Waals surface area contributed by atoms with Gasteiger partial charge in [-0.15, -0.1) is 0 Å². The highest BCUT2D eigenvalue weighted by Gasteiger charge is 2.14. The van der Waals surface area contributed by atoms with E-state index in [9.17, 15) is 10.1 Å². The van der Waals surface area contributed by atoms with E-state index in [4.69, 9.17) is 4.52 Å². The standard InChI is InChI=1S/C13H11N3O3/c1-9-7-10(14-19-9)8-15-6-5-11-12(15)3-2-4-13(11)16(17)18/h2-7H,8H2,1H3. The molecule has 0 aliphatic heterocycles. The highest BCUT2D eigenvalue weighted by Crippen LogP contribution is 2.26. The number of fused-ring (bicyclic) bond motifs is 1. The third-order valence-corrected chi connectivity index (χ3v) is 3.00. The zero-order valence-electron chi connectivity index (χ0n) is 10.2. The Morgan fingerprint density at radius 3 is 2.95 bits per heavy atom. The molecule has 2 aromatic heterocycles. The van der Waals surface area contributed by atoms with Gasteiger partial charge in [-0.05, 0) is 19.1 Å². The number of hydrogen-bond acceptors (Lipinski definition) is 4. The van der Waals surface area contributed by atoms with Crippen molar-refractivity contribution in [2.45, 2.75) is 13.5 Å². The monoisotopic (exact) mass is 257 g/mol. The van der Waals surface area contributed by atoms with E-state index in [1.54, 1.807) is 12.1 Å². The lowest BCUT2D eigenvalue weighted by Crippen LogP contribution is -1.98. The van der Waals surface area contributed by atoms with Gasteiger partial charge in [-0.25, -0.2) is 0 Å². The lowest BCUT2D eigenvalue weighted by atomic mass is 10.2. The Morgan fingerprint density at radius 2 is 2.26 bits per heavy atom. The fourth-order valence-electron chi connectivity index (χ4n) is 2.17. The second-order valence-electron chi connectivity index (χ2n) is 4.34. The smallest absolute Gasteiger partial charge is 0.278 e. The molecule has 0 saturated carbocycles. The van der Waals surface area contributed by atoms with Gasteiger partial charge in [-0.1, -0.05) is 11.2 Å². The molecule has 96 valence electrons. The molecule has 0 spiro atoms. The minimum absolute atomic E-state index is 0.118. The molecular formula is C13H11N3O3. The molecule has 6 heteroatoms. The van der Waals surface area contributed by atoms with Gasteiger partial charge in [0.15, 0.2) is 0 Å². The molecule has 0 N–H and O–H groups in total. The summed E-state index contributed by atoms with van der Waals surface area (Å²) in [5.74, 6) is 0.748. The minimum atomic E-state index is -0.368. The van der Waals surface area contributed by atoms with Crippen molar-refractivity contribution in [2.75, 3.05) is 0 Å². The van der Waals surface area contributed by atoms with Crippen LogP contribution in [0.3, 0.4) is 0 Å². The zero-order chi connectivity index (χ0) is 13.4. The first kappa shape index (κ1) is 11.5. The Morgan fingerprint density at radius 1 is 1.42 bits per heavy atom. The van der Waals surface area contributed by atoms with Crippen LogP contribution in [0.25, 0.3) is 10.9 Å². The summed E-state index contributed by atoms with van der Waals surface area (Å²) < 4.78 is 6.93. The van der Waals surface area contributed by atoms with E-state index in [0.29, 0.717) is 11.9 Å². The van der Waals surface area contributed by atoms with E-state index < -0.39 is 0 Å². The van der Waals surface area contributed by atoms with Crippen molar-refractivity contribution >= 4 is 16.6 Å². The van der Waals surface area contributed by atoms with Crippen molar-refractivity contribution in [1.29, 1.82) is 0 Å². The number of non-ortho nitro benzene ring substituents is 1. The van der Waals surface area contributed by atoms with Crippen molar-refractivity contribution in [2.24, 2.45) is 0 Å². The van der Waals surface area contributed by atoms with Gasteiger partial charge in [0, 0.05) is 18.3 Å². The van der Waals surface area contributed by atoms with Crippen LogP contribution in [-0.2, 0) is 6.54 Å². The molecule has 0 saturated heterocycles. The van der Waals surface area contributed by atoms with E-state index in [1.807, 2.05) is 29.8 Å². The van der Waals surface area contributed by atoms with Crippen LogP contribution >= 0.6 is 0 Å². The van der Waals surface area contributed by atoms with Gasteiger partial charge in [0.2, 0.25) is 0 Å². The summed E-state index contributed by atoms with van der Waals surface area (Å²) in [5.41, 5.74) is 1.73. The van der Waals surface area contributed by atoms with Crippen LogP contribution in [0.1, 0.15) is 11.5 Å². The molecule has 0 fully saturated rings. The number of benzene rings is 1. The van der Waals surface area contributed by atoms with Gasteiger partial charge < -0.3 is 9.09 Å². The van der Waals surface area contributed by atoms with E-state index in [0.717, 1.165) is 17.0 Å². The Labute approximate surface area is 108 Å². The van der Waals surface area contributed by atoms with E-state index in [1.165, 1.54) is 6.07 Å². The number of hydrogen-bond donors (Lipinski definition) is 0. The average Bonchev–Trinajstić information content (AvgIpc) is 2.97. The van der Waals surface area contributed by atoms with Crippen LogP contribution in [0, 0.1) is 17.0 Å². The van der Waals surface area contributed by atoms with Crippen LogP contribution in [0.2, 0.25) is 0 Å². The molecular weight excluding hydrogens is 246 g/mol. The van der Waals surface area contributed by atoms with Crippen LogP contribution in [0.4, 0.5) is 5.69 Å². The Kier molecular flexibility index (Phi) is 2.56. The molecule has 0 bridgehead atoms. The number of nitrogens with zero attached hydrogens (tertiary/aromatic N) is 3. The quantitative estimate of drug-likeness (QED) is 0.534. The Balaban J connectivity index is 2.06. The maximum atomic E-state index is 11.0. The molecule has 3 rings (SSSR count). The first-order chi connectivity index (χ1) is 9.15. The van der Waals surface area contributed by atoms with Gasteiger partial charge in [0.05, 0.1) is 22.4 Å². The SMILES string of the molecule is Cc1cc(Cn2ccc3c([N+](=O)[O-])cccc32)no1. The fraction of sp³-hybridized carbons (Fsp3) is 0.154. The van der Waals surface area contributed by atoms with Gasteiger partial charge in [-0.2, -0.15) is 0 Å². The highest BCUT2D eigenvalue weighted by molar-refractivity contribution is 5.89. The number of nitro groups is 1. The van der Waals surface area contributed by atoms with E-state index in [2.05, 4.69) is 5.16 Å². The predicted octanol–water partition coefficient (Wildman–Crippen LogP) is 2.89. The minimum Gasteiger partial charge on any atom is -0.361 e. The fourth-order valence-corrected chi connectivity index (χ4v) is 2.17. The van der Waals surface area contributed by atoms with Gasteiger partial charge in [0.25, 0.3) is 5.69 Å². The molecule has 0 atom stereocenters. The summed E-state index contributed by atoms with van der Waals surface area (Å²) in [6.45, 7) is 2.36. The van der Waals surface area contributed by atoms with Gasteiger partial charge >= 0.3 is 0 Å². The molecule has 0 radical (unpaired) electrons. The molecule has 19 heavy (non-hydrogen) atoms. The third-order valence-electron chi connectivity index (χ3n) is 3.00. The second kappa shape index (κ2) is 4.24. The average molecular weight is 257 g/mol. The predicted molar refractivity (Wildman–Crippen MR) is 68.9 cm³/mol. The van der Waals surface area contributed by atoms with Crippen LogP contribution < -0.4 is 0 Å². The van der Waals surface area contributed by atoms with Crippen LogP contribution in [-0.4, -0.2) is 14.6 Å². The molecule has 6 nitrogen and oxygen atoms in total. The molecule has 1 aromatic carbocycles. The topological polar surface area (TPSA) is 74.1 Å². The Hall–Kier alpha value is -2.63. The first-order valence-electron chi connectivity index (χ1n) is 5.79. The first-order valence-corrected chi connectivity index (χ1v) is 5.79. The number of aromatic nitrogens is 2.